The number of aromatic nitrogens is 4. The van der Waals surface area contributed by atoms with Crippen LogP contribution in [-0.2, 0) is 0 Å². The Labute approximate surface area is 161 Å². The van der Waals surface area contributed by atoms with Gasteiger partial charge in [0.25, 0.3) is 6.43 Å². The highest BCUT2D eigenvalue weighted by molar-refractivity contribution is 5.97. The van der Waals surface area contributed by atoms with Crippen molar-refractivity contribution in [2.24, 2.45) is 5.41 Å². The standard InChI is InChI=1S/C19H23F2N7/c20-18(21)13(22)1-2-16-24-10-15(27-16)14-9-17(26-12-25-14)28-8-5-19(11-28)3-6-23-7-4-19/h1-2,9-10,12,18,22-23H,3-8,11H2,(H,24,27)/b2-1-,22-13?. The maximum Gasteiger partial charge on any atom is 0.279 e. The van der Waals surface area contributed by atoms with Crippen LogP contribution >= 0.6 is 0 Å². The van der Waals surface area contributed by atoms with Crippen molar-refractivity contribution >= 4 is 17.6 Å². The smallest absolute Gasteiger partial charge is 0.279 e. The fourth-order valence-electron chi connectivity index (χ4n) is 3.96. The second-order valence-electron chi connectivity index (χ2n) is 7.45. The molecule has 148 valence electrons. The third-order valence-corrected chi connectivity index (χ3v) is 5.61. The van der Waals surface area contributed by atoms with Gasteiger partial charge >= 0.3 is 0 Å². The Morgan fingerprint density at radius 1 is 1.21 bits per heavy atom. The molecule has 2 aliphatic rings. The minimum absolute atomic E-state index is 0.386. The van der Waals surface area contributed by atoms with E-state index in [1.54, 1.807) is 12.5 Å². The number of imidazole rings is 1. The van der Waals surface area contributed by atoms with Crippen LogP contribution in [0.3, 0.4) is 0 Å². The molecule has 3 N–H and O–H groups in total. The predicted octanol–water partition coefficient (Wildman–Crippen LogP) is 2.74. The van der Waals surface area contributed by atoms with E-state index in [4.69, 9.17) is 5.41 Å². The fourth-order valence-corrected chi connectivity index (χ4v) is 3.96. The number of nitrogens with zero attached hydrogens (tertiary/aromatic N) is 4. The molecule has 2 saturated heterocycles. The molecule has 4 heterocycles. The van der Waals surface area contributed by atoms with Gasteiger partial charge in [0, 0.05) is 19.2 Å². The molecule has 0 amide bonds. The van der Waals surface area contributed by atoms with Gasteiger partial charge in [-0.2, -0.15) is 0 Å². The lowest BCUT2D eigenvalue weighted by atomic mass is 9.78. The summed E-state index contributed by atoms with van der Waals surface area (Å²) in [5, 5.41) is 10.6. The number of aromatic amines is 1. The summed E-state index contributed by atoms with van der Waals surface area (Å²) < 4.78 is 24.8. The van der Waals surface area contributed by atoms with E-state index in [9.17, 15) is 8.78 Å². The average molecular weight is 387 g/mol. The molecule has 2 aliphatic heterocycles. The molecule has 2 aromatic heterocycles. The molecule has 7 nitrogen and oxygen atoms in total. The second-order valence-corrected chi connectivity index (χ2v) is 7.45. The zero-order chi connectivity index (χ0) is 19.6. The number of hydrogen-bond donors (Lipinski definition) is 3. The first kappa shape index (κ1) is 18.7. The van der Waals surface area contributed by atoms with E-state index in [2.05, 4.69) is 30.2 Å². The summed E-state index contributed by atoms with van der Waals surface area (Å²) in [6.07, 6.45) is 6.35. The van der Waals surface area contributed by atoms with Crippen LogP contribution in [0.2, 0.25) is 0 Å². The molecule has 4 rings (SSSR count). The van der Waals surface area contributed by atoms with Crippen LogP contribution in [-0.4, -0.2) is 58.3 Å². The summed E-state index contributed by atoms with van der Waals surface area (Å²) in [6.45, 7) is 4.16. The van der Waals surface area contributed by atoms with Crippen molar-refractivity contribution in [3.05, 3.63) is 30.5 Å². The van der Waals surface area contributed by atoms with Crippen molar-refractivity contribution in [2.75, 3.05) is 31.1 Å². The van der Waals surface area contributed by atoms with Crippen molar-refractivity contribution in [1.29, 1.82) is 5.41 Å². The first-order valence-electron chi connectivity index (χ1n) is 9.42. The maximum absolute atomic E-state index is 12.4. The normalized spacial score (nSPS) is 19.2. The Morgan fingerprint density at radius 3 is 2.82 bits per heavy atom. The number of H-pyrrole nitrogens is 1. The number of rotatable bonds is 5. The molecule has 0 saturated carbocycles. The van der Waals surface area contributed by atoms with Gasteiger partial charge in [0.2, 0.25) is 0 Å². The lowest BCUT2D eigenvalue weighted by Gasteiger charge is -2.33. The molecule has 0 bridgehead atoms. The summed E-state index contributed by atoms with van der Waals surface area (Å²) in [7, 11) is 0. The number of alkyl halides is 2. The van der Waals surface area contributed by atoms with Crippen LogP contribution in [0.5, 0.6) is 0 Å². The monoisotopic (exact) mass is 387 g/mol. The third kappa shape index (κ3) is 3.94. The molecule has 2 fully saturated rings. The van der Waals surface area contributed by atoms with Crippen molar-refractivity contribution in [1.82, 2.24) is 25.3 Å². The van der Waals surface area contributed by atoms with E-state index in [1.165, 1.54) is 25.3 Å². The predicted molar refractivity (Wildman–Crippen MR) is 104 cm³/mol. The van der Waals surface area contributed by atoms with Crippen molar-refractivity contribution in [3.8, 4) is 11.4 Å². The lowest BCUT2D eigenvalue weighted by molar-refractivity contribution is 0.226. The second kappa shape index (κ2) is 7.75. The van der Waals surface area contributed by atoms with Gasteiger partial charge in [-0.25, -0.2) is 23.7 Å². The minimum Gasteiger partial charge on any atom is -0.356 e. The molecule has 9 heteroatoms. The summed E-state index contributed by atoms with van der Waals surface area (Å²) in [5.74, 6) is 1.29. The zero-order valence-corrected chi connectivity index (χ0v) is 15.5. The molecule has 0 radical (unpaired) electrons. The molecule has 0 aliphatic carbocycles. The van der Waals surface area contributed by atoms with Gasteiger partial charge in [-0.15, -0.1) is 0 Å². The van der Waals surface area contributed by atoms with Gasteiger partial charge in [-0.3, -0.25) is 5.41 Å². The fraction of sp³-hybridized carbons (Fsp3) is 0.474. The topological polar surface area (TPSA) is 93.6 Å². The number of halogens is 2. The van der Waals surface area contributed by atoms with Crippen LogP contribution in [0, 0.1) is 10.8 Å². The summed E-state index contributed by atoms with van der Waals surface area (Å²) in [4.78, 5) is 18.3. The Bertz CT molecular complexity index is 871. The highest BCUT2D eigenvalue weighted by atomic mass is 19.3. The Balaban J connectivity index is 1.48. The minimum atomic E-state index is -2.79. The maximum atomic E-state index is 12.4. The molecule has 0 atom stereocenters. The van der Waals surface area contributed by atoms with Gasteiger partial charge in [0.15, 0.2) is 0 Å². The van der Waals surface area contributed by atoms with Gasteiger partial charge in [-0.05, 0) is 49.9 Å². The first-order chi connectivity index (χ1) is 13.5. The Morgan fingerprint density at radius 2 is 2.04 bits per heavy atom. The van der Waals surface area contributed by atoms with Crippen molar-refractivity contribution in [3.63, 3.8) is 0 Å². The summed E-state index contributed by atoms with van der Waals surface area (Å²) >= 11 is 0. The molecule has 0 aromatic carbocycles. The number of anilines is 1. The lowest BCUT2D eigenvalue weighted by Crippen LogP contribution is -2.38. The van der Waals surface area contributed by atoms with Crippen LogP contribution in [0.15, 0.2) is 24.7 Å². The molecule has 28 heavy (non-hydrogen) atoms. The molecular formula is C19H23F2N7. The van der Waals surface area contributed by atoms with E-state index >= 15 is 0 Å². The van der Waals surface area contributed by atoms with Crippen LogP contribution in [0.25, 0.3) is 17.5 Å². The number of allylic oxidation sites excluding steroid dienone is 1. The van der Waals surface area contributed by atoms with Crippen LogP contribution in [0.1, 0.15) is 25.1 Å². The van der Waals surface area contributed by atoms with Crippen molar-refractivity contribution in [2.45, 2.75) is 25.7 Å². The molecule has 1 spiro atoms. The van der Waals surface area contributed by atoms with Crippen LogP contribution < -0.4 is 10.2 Å². The summed E-state index contributed by atoms with van der Waals surface area (Å²) in [6, 6.07) is 1.93. The molecular weight excluding hydrogens is 364 g/mol. The van der Waals surface area contributed by atoms with Gasteiger partial charge in [-0.1, -0.05) is 0 Å². The van der Waals surface area contributed by atoms with Gasteiger partial charge < -0.3 is 15.2 Å². The van der Waals surface area contributed by atoms with E-state index < -0.39 is 12.1 Å². The average Bonchev–Trinajstić information content (AvgIpc) is 3.34. The zero-order valence-electron chi connectivity index (χ0n) is 15.5. The van der Waals surface area contributed by atoms with Gasteiger partial charge in [0.05, 0.1) is 23.3 Å². The largest absolute Gasteiger partial charge is 0.356 e. The van der Waals surface area contributed by atoms with E-state index in [1.807, 2.05) is 6.07 Å². The Kier molecular flexibility index (Phi) is 5.17. The molecule has 2 aromatic rings. The van der Waals surface area contributed by atoms with E-state index in [0.717, 1.165) is 38.1 Å². The highest BCUT2D eigenvalue weighted by Gasteiger charge is 2.39. The highest BCUT2D eigenvalue weighted by Crippen LogP contribution is 2.40. The van der Waals surface area contributed by atoms with Crippen molar-refractivity contribution < 1.29 is 8.78 Å². The summed E-state index contributed by atoms with van der Waals surface area (Å²) in [5.41, 5.74) is 1.02. The van der Waals surface area contributed by atoms with E-state index in [0.29, 0.717) is 22.6 Å². The van der Waals surface area contributed by atoms with Gasteiger partial charge in [0.1, 0.15) is 18.0 Å². The number of piperidine rings is 1. The Hall–Kier alpha value is -2.68. The quantitative estimate of drug-likeness (QED) is 0.686. The number of nitrogens with one attached hydrogen (secondary N) is 3. The SMILES string of the molecule is N=C(/C=C\c1ncc(-c2cc(N3CCC4(CCNCC4)C3)ncn2)[nH]1)C(F)F. The number of hydrogen-bond acceptors (Lipinski definition) is 6. The van der Waals surface area contributed by atoms with E-state index in [-0.39, 0.29) is 0 Å². The first-order valence-corrected chi connectivity index (χ1v) is 9.42. The molecule has 0 unspecified atom stereocenters. The van der Waals surface area contributed by atoms with Crippen LogP contribution in [0.4, 0.5) is 14.6 Å². The third-order valence-electron chi connectivity index (χ3n) is 5.61.